The number of aliphatic hydroxyl groups excluding tert-OH is 1. The number of aryl methyl sites for hydroxylation is 1. The van der Waals surface area contributed by atoms with Crippen LogP contribution in [0.4, 0.5) is 0 Å². The van der Waals surface area contributed by atoms with Gasteiger partial charge in [0.2, 0.25) is 0 Å². The van der Waals surface area contributed by atoms with Gasteiger partial charge in [-0.3, -0.25) is 0 Å². The van der Waals surface area contributed by atoms with E-state index >= 15 is 0 Å². The van der Waals surface area contributed by atoms with Gasteiger partial charge in [-0.05, 0) is 66.2 Å². The van der Waals surface area contributed by atoms with E-state index in [2.05, 4.69) is 62.4 Å². The molecule has 0 amide bonds. The molecule has 0 spiro atoms. The number of aliphatic hydroxyl groups is 1. The summed E-state index contributed by atoms with van der Waals surface area (Å²) < 4.78 is 0. The number of hydrogen-bond donors (Lipinski definition) is 1. The third-order valence-corrected chi connectivity index (χ3v) is 6.89. The molecule has 1 atom stereocenters. The minimum Gasteiger partial charge on any atom is -0.392 e. The summed E-state index contributed by atoms with van der Waals surface area (Å²) in [5.41, 5.74) is 5.25. The summed E-state index contributed by atoms with van der Waals surface area (Å²) in [6.45, 7) is 4.54. The normalized spacial score (nSPS) is 20.5. The topological polar surface area (TPSA) is 20.2 Å². The van der Waals surface area contributed by atoms with Crippen LogP contribution in [0.15, 0.2) is 48.5 Å². The average molecular weight is 393 g/mol. The zero-order valence-corrected chi connectivity index (χ0v) is 18.6. The Kier molecular flexibility index (Phi) is 8.80. The van der Waals surface area contributed by atoms with E-state index < -0.39 is 0 Å². The number of rotatable bonds is 10. The quantitative estimate of drug-likeness (QED) is 0.413. The highest BCUT2D eigenvalue weighted by Gasteiger charge is 2.26. The molecule has 0 aliphatic heterocycles. The van der Waals surface area contributed by atoms with Gasteiger partial charge in [0.15, 0.2) is 0 Å². The van der Waals surface area contributed by atoms with Crippen molar-refractivity contribution in [2.75, 3.05) is 0 Å². The fraction of sp³-hybridized carbons (Fsp3) is 0.571. The van der Waals surface area contributed by atoms with Gasteiger partial charge in [-0.1, -0.05) is 101 Å². The maximum Gasteiger partial charge on any atom is 0.0608 e. The van der Waals surface area contributed by atoms with Crippen molar-refractivity contribution in [1.82, 2.24) is 0 Å². The Morgan fingerprint density at radius 1 is 0.759 bits per heavy atom. The molecule has 1 aliphatic carbocycles. The van der Waals surface area contributed by atoms with Gasteiger partial charge in [-0.2, -0.15) is 0 Å². The summed E-state index contributed by atoms with van der Waals surface area (Å²) in [5.74, 6) is 1.39. The lowest BCUT2D eigenvalue weighted by atomic mass is 9.77. The molecule has 0 bridgehead atoms. The van der Waals surface area contributed by atoms with Crippen molar-refractivity contribution < 1.29 is 5.11 Å². The summed E-state index contributed by atoms with van der Waals surface area (Å²) in [7, 11) is 0. The smallest absolute Gasteiger partial charge is 0.0608 e. The van der Waals surface area contributed by atoms with Gasteiger partial charge in [0.1, 0.15) is 0 Å². The second kappa shape index (κ2) is 11.6. The van der Waals surface area contributed by atoms with E-state index in [4.69, 9.17) is 0 Å². The molecule has 158 valence electrons. The summed E-state index contributed by atoms with van der Waals surface area (Å²) in [4.78, 5) is 0. The highest BCUT2D eigenvalue weighted by molar-refractivity contribution is 5.64. The van der Waals surface area contributed by atoms with Gasteiger partial charge >= 0.3 is 0 Å². The van der Waals surface area contributed by atoms with Gasteiger partial charge < -0.3 is 5.11 Å². The maximum atomic E-state index is 10.7. The Hall–Kier alpha value is -1.60. The number of unbranched alkanes of at least 4 members (excludes halogenated alkanes) is 2. The van der Waals surface area contributed by atoms with Crippen LogP contribution in [0, 0.1) is 11.8 Å². The van der Waals surface area contributed by atoms with E-state index in [1.54, 1.807) is 0 Å². The van der Waals surface area contributed by atoms with Crippen LogP contribution in [-0.2, 0) is 12.8 Å². The van der Waals surface area contributed by atoms with Crippen molar-refractivity contribution in [2.45, 2.75) is 90.6 Å². The van der Waals surface area contributed by atoms with E-state index in [0.717, 1.165) is 12.3 Å². The Bertz CT molecular complexity index is 692. The van der Waals surface area contributed by atoms with Crippen LogP contribution < -0.4 is 0 Å². The molecule has 1 heteroatoms. The summed E-state index contributed by atoms with van der Waals surface area (Å²) in [6.07, 6.45) is 13.4. The molecule has 2 aromatic rings. The van der Waals surface area contributed by atoms with Crippen molar-refractivity contribution in [3.63, 3.8) is 0 Å². The van der Waals surface area contributed by atoms with Crippen LogP contribution in [0.5, 0.6) is 0 Å². The summed E-state index contributed by atoms with van der Waals surface area (Å²) in [6, 6.07) is 17.9. The van der Waals surface area contributed by atoms with Crippen molar-refractivity contribution >= 4 is 0 Å². The zero-order chi connectivity index (χ0) is 20.5. The standard InChI is InChI=1S/C28H40O/c1-3-5-6-8-23-9-15-25(16-10-23)26-17-13-24(14-18-26)21-28(29)27-19-11-22(7-4-2)12-20-27/h9-10,13-18,22,27-29H,3-8,11-12,19-21H2,1-2H3. The lowest BCUT2D eigenvalue weighted by molar-refractivity contribution is 0.0728. The van der Waals surface area contributed by atoms with Crippen LogP contribution in [0.3, 0.4) is 0 Å². The van der Waals surface area contributed by atoms with Gasteiger partial charge in [-0.25, -0.2) is 0 Å². The molecule has 1 unspecified atom stereocenters. The first-order chi connectivity index (χ1) is 14.2. The van der Waals surface area contributed by atoms with Crippen LogP contribution in [-0.4, -0.2) is 11.2 Å². The molecule has 1 aliphatic rings. The van der Waals surface area contributed by atoms with E-state index in [0.29, 0.717) is 5.92 Å². The van der Waals surface area contributed by atoms with Gasteiger partial charge in [0, 0.05) is 0 Å². The first-order valence-electron chi connectivity index (χ1n) is 12.1. The summed E-state index contributed by atoms with van der Waals surface area (Å²) >= 11 is 0. The minimum absolute atomic E-state index is 0.189. The number of hydrogen-bond acceptors (Lipinski definition) is 1. The van der Waals surface area contributed by atoms with Crippen LogP contribution >= 0.6 is 0 Å². The fourth-order valence-electron chi connectivity index (χ4n) is 4.95. The second-order valence-corrected chi connectivity index (χ2v) is 9.19. The molecule has 0 aromatic heterocycles. The molecule has 1 nitrogen and oxygen atoms in total. The minimum atomic E-state index is -0.189. The predicted octanol–water partition coefficient (Wildman–Crippen LogP) is 7.60. The molecule has 3 rings (SSSR count). The third kappa shape index (κ3) is 6.71. The molecular weight excluding hydrogens is 352 g/mol. The Balaban J connectivity index is 1.51. The molecule has 1 fully saturated rings. The number of benzene rings is 2. The van der Waals surface area contributed by atoms with Gasteiger partial charge in [-0.15, -0.1) is 0 Å². The highest BCUT2D eigenvalue weighted by Crippen LogP contribution is 2.34. The monoisotopic (exact) mass is 392 g/mol. The lowest BCUT2D eigenvalue weighted by Gasteiger charge is -2.31. The fourth-order valence-corrected chi connectivity index (χ4v) is 4.95. The molecular formula is C28H40O. The van der Waals surface area contributed by atoms with E-state index in [-0.39, 0.29) is 6.10 Å². The third-order valence-electron chi connectivity index (χ3n) is 6.89. The molecule has 0 heterocycles. The van der Waals surface area contributed by atoms with Crippen molar-refractivity contribution in [3.8, 4) is 11.1 Å². The largest absolute Gasteiger partial charge is 0.392 e. The Labute approximate surface area is 178 Å². The Morgan fingerprint density at radius 3 is 1.90 bits per heavy atom. The molecule has 29 heavy (non-hydrogen) atoms. The van der Waals surface area contributed by atoms with Crippen LogP contribution in [0.1, 0.15) is 82.8 Å². The maximum absolute atomic E-state index is 10.7. The van der Waals surface area contributed by atoms with Gasteiger partial charge in [0.05, 0.1) is 6.10 Å². The van der Waals surface area contributed by atoms with Crippen LogP contribution in [0.25, 0.3) is 11.1 Å². The average Bonchev–Trinajstić information content (AvgIpc) is 2.76. The first-order valence-corrected chi connectivity index (χ1v) is 12.1. The molecule has 0 saturated heterocycles. The predicted molar refractivity (Wildman–Crippen MR) is 125 cm³/mol. The molecule has 2 aromatic carbocycles. The van der Waals surface area contributed by atoms with E-state index in [1.807, 2.05) is 0 Å². The SMILES string of the molecule is CCCCCc1ccc(-c2ccc(CC(O)C3CCC(CCC)CC3)cc2)cc1. The van der Waals surface area contributed by atoms with Gasteiger partial charge in [0.25, 0.3) is 0 Å². The molecule has 1 saturated carbocycles. The van der Waals surface area contributed by atoms with Crippen LogP contribution in [0.2, 0.25) is 0 Å². The lowest BCUT2D eigenvalue weighted by Crippen LogP contribution is -2.27. The van der Waals surface area contributed by atoms with Crippen molar-refractivity contribution in [2.24, 2.45) is 11.8 Å². The van der Waals surface area contributed by atoms with Crippen molar-refractivity contribution in [1.29, 1.82) is 0 Å². The molecule has 0 radical (unpaired) electrons. The summed E-state index contributed by atoms with van der Waals surface area (Å²) in [5, 5.41) is 10.7. The zero-order valence-electron chi connectivity index (χ0n) is 18.6. The molecule has 1 N–H and O–H groups in total. The second-order valence-electron chi connectivity index (χ2n) is 9.19. The first kappa shape index (κ1) is 22.1. The van der Waals surface area contributed by atoms with E-state index in [1.165, 1.54) is 86.5 Å². The highest BCUT2D eigenvalue weighted by atomic mass is 16.3. The Morgan fingerprint density at radius 2 is 1.34 bits per heavy atom. The van der Waals surface area contributed by atoms with E-state index in [9.17, 15) is 5.11 Å². The van der Waals surface area contributed by atoms with Crippen molar-refractivity contribution in [3.05, 3.63) is 59.7 Å².